The molecule has 2 atom stereocenters. The molecule has 0 unspecified atom stereocenters. The number of aliphatic hydroxyl groups excluding tert-OH is 1. The first-order valence-corrected chi connectivity index (χ1v) is 8.59. The summed E-state index contributed by atoms with van der Waals surface area (Å²) >= 11 is 0. The molecule has 1 aromatic carbocycles. The van der Waals surface area contributed by atoms with E-state index < -0.39 is 6.10 Å². The van der Waals surface area contributed by atoms with E-state index in [0.717, 1.165) is 22.5 Å². The third kappa shape index (κ3) is 3.58. The van der Waals surface area contributed by atoms with E-state index in [0.29, 0.717) is 25.8 Å². The van der Waals surface area contributed by atoms with Gasteiger partial charge in [0.05, 0.1) is 17.8 Å². The second-order valence-corrected chi connectivity index (χ2v) is 6.78. The second-order valence-electron chi connectivity index (χ2n) is 6.78. The largest absolute Gasteiger partial charge is 0.391 e. The van der Waals surface area contributed by atoms with Crippen molar-refractivity contribution in [1.29, 1.82) is 0 Å². The number of aliphatic hydroxyl groups is 1. The Hall–Kier alpha value is -2.21. The first-order chi connectivity index (χ1) is 11.9. The zero-order chi connectivity index (χ0) is 18.1. The number of carbonyl (C=O) groups is 1. The molecule has 3 rings (SSSR count). The highest BCUT2D eigenvalue weighted by atomic mass is 19.1. The minimum absolute atomic E-state index is 0.00790. The Morgan fingerprint density at radius 3 is 2.60 bits per heavy atom. The lowest BCUT2D eigenvalue weighted by Crippen LogP contribution is -2.32. The van der Waals surface area contributed by atoms with E-state index in [2.05, 4.69) is 5.10 Å². The quantitative estimate of drug-likeness (QED) is 0.926. The number of hydrogen-bond acceptors (Lipinski definition) is 3. The molecule has 0 spiro atoms. The van der Waals surface area contributed by atoms with Crippen molar-refractivity contribution >= 4 is 5.91 Å². The minimum Gasteiger partial charge on any atom is -0.391 e. The van der Waals surface area contributed by atoms with E-state index >= 15 is 0 Å². The molecule has 1 fully saturated rings. The van der Waals surface area contributed by atoms with Crippen LogP contribution in [0.1, 0.15) is 41.4 Å². The second kappa shape index (κ2) is 6.96. The fraction of sp³-hybridized carbons (Fsp3) is 0.474. The summed E-state index contributed by atoms with van der Waals surface area (Å²) in [6, 6.07) is 5.97. The Morgan fingerprint density at radius 1 is 1.32 bits per heavy atom. The third-order valence-corrected chi connectivity index (χ3v) is 5.10. The fourth-order valence-electron chi connectivity index (χ4n) is 3.65. The predicted molar refractivity (Wildman–Crippen MR) is 92.5 cm³/mol. The number of amides is 1. The summed E-state index contributed by atoms with van der Waals surface area (Å²) in [5.74, 6) is -0.295. The average molecular weight is 345 g/mol. The molecule has 1 aliphatic heterocycles. The van der Waals surface area contributed by atoms with Gasteiger partial charge in [0.15, 0.2) is 0 Å². The normalized spacial score (nSPS) is 20.3. The van der Waals surface area contributed by atoms with E-state index in [-0.39, 0.29) is 17.8 Å². The Bertz CT molecular complexity index is 770. The molecule has 0 radical (unpaired) electrons. The van der Waals surface area contributed by atoms with E-state index in [9.17, 15) is 14.3 Å². The molecule has 2 aromatic rings. The molecular formula is C19H24FN3O2. The molecule has 1 saturated heterocycles. The van der Waals surface area contributed by atoms with Crippen molar-refractivity contribution in [3.05, 3.63) is 52.6 Å². The molecule has 0 saturated carbocycles. The van der Waals surface area contributed by atoms with E-state index in [1.54, 1.807) is 17.0 Å². The van der Waals surface area contributed by atoms with Gasteiger partial charge in [0.1, 0.15) is 5.82 Å². The first-order valence-electron chi connectivity index (χ1n) is 8.59. The monoisotopic (exact) mass is 345 g/mol. The number of carbonyl (C=O) groups excluding carboxylic acids is 1. The van der Waals surface area contributed by atoms with Crippen molar-refractivity contribution in [3.8, 4) is 0 Å². The maximum atomic E-state index is 13.2. The van der Waals surface area contributed by atoms with Gasteiger partial charge in [-0.05, 0) is 49.9 Å². The Morgan fingerprint density at radius 2 is 2.00 bits per heavy atom. The minimum atomic E-state index is -0.541. The van der Waals surface area contributed by atoms with Gasteiger partial charge in [-0.1, -0.05) is 12.1 Å². The molecule has 25 heavy (non-hydrogen) atoms. The number of aryl methyl sites for hydroxylation is 2. The van der Waals surface area contributed by atoms with Gasteiger partial charge >= 0.3 is 0 Å². The van der Waals surface area contributed by atoms with E-state index in [1.165, 1.54) is 12.1 Å². The lowest BCUT2D eigenvalue weighted by Gasteiger charge is -2.25. The number of aromatic nitrogens is 2. The average Bonchev–Trinajstić information content (AvgIpc) is 3.07. The maximum absolute atomic E-state index is 13.2. The predicted octanol–water partition coefficient (Wildman–Crippen LogP) is 2.44. The van der Waals surface area contributed by atoms with Crippen LogP contribution in [0.5, 0.6) is 0 Å². The first kappa shape index (κ1) is 17.6. The molecular weight excluding hydrogens is 321 g/mol. The van der Waals surface area contributed by atoms with Crippen molar-refractivity contribution in [2.24, 2.45) is 7.05 Å². The topological polar surface area (TPSA) is 58.4 Å². The van der Waals surface area contributed by atoms with Crippen LogP contribution in [0.15, 0.2) is 24.3 Å². The van der Waals surface area contributed by atoms with E-state index in [4.69, 9.17) is 0 Å². The van der Waals surface area contributed by atoms with Gasteiger partial charge in [-0.2, -0.15) is 5.10 Å². The van der Waals surface area contributed by atoms with Crippen molar-refractivity contribution in [3.63, 3.8) is 0 Å². The molecule has 6 heteroatoms. The fourth-order valence-corrected chi connectivity index (χ4v) is 3.65. The van der Waals surface area contributed by atoms with Gasteiger partial charge in [-0.25, -0.2) is 4.39 Å². The van der Waals surface area contributed by atoms with Crippen molar-refractivity contribution < 1.29 is 14.3 Å². The van der Waals surface area contributed by atoms with Gasteiger partial charge in [0.25, 0.3) is 0 Å². The highest BCUT2D eigenvalue weighted by molar-refractivity contribution is 5.77. The summed E-state index contributed by atoms with van der Waals surface area (Å²) < 4.78 is 15.0. The standard InChI is InChI=1S/C19H24FN3O2/c1-12-17(13(2)22(3)21-12)8-9-19(25)23-11-16(24)10-18(23)14-4-6-15(20)7-5-14/h4-7,16,18,24H,8-11H2,1-3H3/t16-,18+/m0/s1. The summed E-state index contributed by atoms with van der Waals surface area (Å²) in [6.45, 7) is 4.28. The number of nitrogens with zero attached hydrogens (tertiary/aromatic N) is 3. The van der Waals surface area contributed by atoms with Crippen LogP contribution in [0.25, 0.3) is 0 Å². The van der Waals surface area contributed by atoms with Gasteiger partial charge in [-0.3, -0.25) is 9.48 Å². The van der Waals surface area contributed by atoms with Gasteiger partial charge < -0.3 is 10.0 Å². The zero-order valence-electron chi connectivity index (χ0n) is 14.9. The number of β-amino-alcohol motifs (C(OH)–C–C–N with tert-alkyl or cyclic N) is 1. The number of benzene rings is 1. The lowest BCUT2D eigenvalue weighted by atomic mass is 10.0. The Labute approximate surface area is 147 Å². The number of rotatable bonds is 4. The van der Waals surface area contributed by atoms with Crippen LogP contribution in [0.2, 0.25) is 0 Å². The molecule has 2 heterocycles. The molecule has 0 aliphatic carbocycles. The molecule has 0 bridgehead atoms. The van der Waals surface area contributed by atoms with Gasteiger partial charge in [0.2, 0.25) is 5.91 Å². The van der Waals surface area contributed by atoms with Crippen molar-refractivity contribution in [2.45, 2.75) is 45.3 Å². The van der Waals surface area contributed by atoms with Crippen LogP contribution in [0.3, 0.4) is 0 Å². The van der Waals surface area contributed by atoms with Gasteiger partial charge in [0, 0.05) is 25.7 Å². The van der Waals surface area contributed by atoms with Crippen LogP contribution in [-0.2, 0) is 18.3 Å². The molecule has 5 nitrogen and oxygen atoms in total. The molecule has 1 aliphatic rings. The summed E-state index contributed by atoms with van der Waals surface area (Å²) in [5.41, 5.74) is 3.99. The van der Waals surface area contributed by atoms with Crippen LogP contribution >= 0.6 is 0 Å². The van der Waals surface area contributed by atoms with Crippen LogP contribution in [-0.4, -0.2) is 38.3 Å². The number of halogens is 1. The number of likely N-dealkylation sites (tertiary alicyclic amines) is 1. The highest BCUT2D eigenvalue weighted by Gasteiger charge is 2.35. The molecule has 134 valence electrons. The summed E-state index contributed by atoms with van der Waals surface area (Å²) in [7, 11) is 1.90. The lowest BCUT2D eigenvalue weighted by molar-refractivity contribution is -0.132. The summed E-state index contributed by atoms with van der Waals surface area (Å²) in [6.07, 6.45) is 0.952. The summed E-state index contributed by atoms with van der Waals surface area (Å²) in [5, 5.41) is 14.4. The molecule has 1 amide bonds. The smallest absolute Gasteiger partial charge is 0.223 e. The van der Waals surface area contributed by atoms with Crippen molar-refractivity contribution in [1.82, 2.24) is 14.7 Å². The Balaban J connectivity index is 1.72. The zero-order valence-corrected chi connectivity index (χ0v) is 14.9. The van der Waals surface area contributed by atoms with Crippen LogP contribution in [0, 0.1) is 19.7 Å². The summed E-state index contributed by atoms with van der Waals surface area (Å²) in [4.78, 5) is 14.5. The highest BCUT2D eigenvalue weighted by Crippen LogP contribution is 2.33. The molecule has 1 N–H and O–H groups in total. The third-order valence-electron chi connectivity index (χ3n) is 5.10. The number of hydrogen-bond donors (Lipinski definition) is 1. The maximum Gasteiger partial charge on any atom is 0.223 e. The van der Waals surface area contributed by atoms with E-state index in [1.807, 2.05) is 25.6 Å². The van der Waals surface area contributed by atoms with Gasteiger partial charge in [-0.15, -0.1) is 0 Å². The molecule has 1 aromatic heterocycles. The van der Waals surface area contributed by atoms with Crippen LogP contribution in [0.4, 0.5) is 4.39 Å². The van der Waals surface area contributed by atoms with Crippen LogP contribution < -0.4 is 0 Å². The van der Waals surface area contributed by atoms with Crippen molar-refractivity contribution in [2.75, 3.05) is 6.54 Å². The SMILES string of the molecule is Cc1nn(C)c(C)c1CCC(=O)N1C[C@@H](O)C[C@@H]1c1ccc(F)cc1. The Kier molecular flexibility index (Phi) is 4.90.